The van der Waals surface area contributed by atoms with Crippen LogP contribution in [-0.2, 0) is 0 Å². The number of unbranched alkanes of at least 4 members (excludes halogenated alkanes) is 1. The fraction of sp³-hybridized carbons (Fsp3) is 0.200. The molecule has 0 amide bonds. The maximum absolute atomic E-state index is 10.5. The van der Waals surface area contributed by atoms with Gasteiger partial charge in [0.25, 0.3) is 5.69 Å². The zero-order valence-corrected chi connectivity index (χ0v) is 11.4. The van der Waals surface area contributed by atoms with E-state index in [1.54, 1.807) is 12.1 Å². The van der Waals surface area contributed by atoms with Crippen LogP contribution in [0.4, 0.5) is 5.69 Å². The van der Waals surface area contributed by atoms with Gasteiger partial charge in [0.05, 0.1) is 4.92 Å². The lowest BCUT2D eigenvalue weighted by molar-refractivity contribution is -0.384. The molecule has 0 aromatic heterocycles. The first-order chi connectivity index (χ1) is 9.00. The van der Waals surface area contributed by atoms with Crippen molar-refractivity contribution in [3.63, 3.8) is 0 Å². The molecule has 100 valence electrons. The van der Waals surface area contributed by atoms with Crippen LogP contribution in [0.15, 0.2) is 30.3 Å². The van der Waals surface area contributed by atoms with Crippen LogP contribution in [0.2, 0.25) is 0 Å². The highest BCUT2D eigenvalue weighted by Gasteiger charge is 2.04. The maximum Gasteiger partial charge on any atom is 0.269 e. The molecule has 0 aliphatic carbocycles. The molecule has 1 rings (SSSR count). The van der Waals surface area contributed by atoms with Crippen molar-refractivity contribution in [1.29, 1.82) is 0 Å². The molecule has 0 bridgehead atoms. The molecule has 1 aromatic carbocycles. The van der Waals surface area contributed by atoms with Crippen molar-refractivity contribution < 1.29 is 4.92 Å². The molecule has 0 saturated heterocycles. The van der Waals surface area contributed by atoms with E-state index in [1.807, 2.05) is 57.3 Å². The average Bonchev–Trinajstić information content (AvgIpc) is 2.38. The Morgan fingerprint density at radius 3 is 2.37 bits per heavy atom. The molecule has 19 heavy (non-hydrogen) atoms. The third-order valence-corrected chi connectivity index (χ3v) is 2.66. The summed E-state index contributed by atoms with van der Waals surface area (Å²) in [6.45, 7) is 2.03. The molecular formula is C15H18N2O2. The fourth-order valence-electron chi connectivity index (χ4n) is 1.28. The van der Waals surface area contributed by atoms with E-state index >= 15 is 0 Å². The van der Waals surface area contributed by atoms with Gasteiger partial charge >= 0.3 is 0 Å². The van der Waals surface area contributed by atoms with Crippen LogP contribution in [0.3, 0.4) is 0 Å². The van der Waals surface area contributed by atoms with Gasteiger partial charge in [-0.3, -0.25) is 10.1 Å². The molecule has 0 saturated carbocycles. The summed E-state index contributed by atoms with van der Waals surface area (Å²) in [4.78, 5) is 12.1. The molecule has 4 nitrogen and oxygen atoms in total. The largest absolute Gasteiger partial charge is 0.302 e. The Labute approximate surface area is 114 Å². The van der Waals surface area contributed by atoms with Crippen LogP contribution >= 0.6 is 0 Å². The standard InChI is InChI=1S/C15H18N2O2/c1-13(16(2)3)7-5-4-6-8-14-9-11-15(12-10-14)17(18)19/h4-12H,1-3H3/b8-6+. The monoisotopic (exact) mass is 258 g/mol. The summed E-state index contributed by atoms with van der Waals surface area (Å²) >= 11 is 0. The van der Waals surface area contributed by atoms with E-state index < -0.39 is 4.92 Å². The minimum absolute atomic E-state index is 0.109. The molecule has 0 fully saturated rings. The lowest BCUT2D eigenvalue weighted by Gasteiger charge is -2.17. The van der Waals surface area contributed by atoms with E-state index in [9.17, 15) is 10.1 Å². The molecule has 1 aromatic rings. The van der Waals surface area contributed by atoms with Crippen molar-refractivity contribution in [2.75, 3.05) is 14.1 Å². The number of hydrogen-bond donors (Lipinski definition) is 0. The second-order valence-corrected chi connectivity index (χ2v) is 4.30. The molecular weight excluding hydrogens is 240 g/mol. The highest BCUT2D eigenvalue weighted by Crippen LogP contribution is 2.14. The summed E-state index contributed by atoms with van der Waals surface area (Å²) in [6.07, 6.45) is 9.70. The summed E-state index contributed by atoms with van der Waals surface area (Å²) in [5.74, 6) is 0. The van der Waals surface area contributed by atoms with Gasteiger partial charge in [0.1, 0.15) is 0 Å². The minimum atomic E-state index is -0.401. The van der Waals surface area contributed by atoms with Crippen molar-refractivity contribution in [1.82, 2.24) is 4.90 Å². The number of non-ortho nitro benzene ring substituents is 1. The number of nitro groups is 1. The quantitative estimate of drug-likeness (QED) is 0.428. The van der Waals surface area contributed by atoms with Crippen molar-refractivity contribution in [2.24, 2.45) is 0 Å². The van der Waals surface area contributed by atoms with Gasteiger partial charge in [-0.05, 0) is 58.0 Å². The number of rotatable bonds is 7. The fourth-order valence-corrected chi connectivity index (χ4v) is 1.28. The van der Waals surface area contributed by atoms with Gasteiger partial charge in [0, 0.05) is 18.2 Å². The average molecular weight is 258 g/mol. The number of allylic oxidation sites excluding steroid dienone is 1. The van der Waals surface area contributed by atoms with Crippen molar-refractivity contribution >= 4 is 11.8 Å². The maximum atomic E-state index is 10.5. The molecule has 0 aliphatic heterocycles. The van der Waals surface area contributed by atoms with Crippen LogP contribution in [-0.4, -0.2) is 23.9 Å². The van der Waals surface area contributed by atoms with E-state index in [0.29, 0.717) is 0 Å². The highest BCUT2D eigenvalue weighted by atomic mass is 16.6. The van der Waals surface area contributed by atoms with E-state index in [2.05, 4.69) is 0 Å². The first kappa shape index (κ1) is 15.4. The van der Waals surface area contributed by atoms with E-state index in [1.165, 1.54) is 18.2 Å². The van der Waals surface area contributed by atoms with Crippen LogP contribution in [0, 0.1) is 35.4 Å². The lowest BCUT2D eigenvalue weighted by atomic mass is 10.1. The summed E-state index contributed by atoms with van der Waals surface area (Å²) in [7, 11) is 3.98. The zero-order chi connectivity index (χ0) is 14.3. The smallest absolute Gasteiger partial charge is 0.269 e. The van der Waals surface area contributed by atoms with Gasteiger partial charge in [0.15, 0.2) is 0 Å². The number of nitrogens with zero attached hydrogens (tertiary/aromatic N) is 2. The summed E-state index contributed by atoms with van der Waals surface area (Å²) in [5.41, 5.74) is 1.04. The normalized spacial score (nSPS) is 11.6. The van der Waals surface area contributed by atoms with Gasteiger partial charge in [-0.1, -0.05) is 12.2 Å². The number of hydrogen-bond acceptors (Lipinski definition) is 3. The summed E-state index contributed by atoms with van der Waals surface area (Å²) < 4.78 is 0. The number of benzene rings is 1. The minimum Gasteiger partial charge on any atom is -0.302 e. The topological polar surface area (TPSA) is 46.4 Å². The van der Waals surface area contributed by atoms with Gasteiger partial charge in [-0.2, -0.15) is 0 Å². The van der Waals surface area contributed by atoms with Crippen molar-refractivity contribution in [3.8, 4) is 0 Å². The van der Waals surface area contributed by atoms with E-state index in [0.717, 1.165) is 5.56 Å². The first-order valence-corrected chi connectivity index (χ1v) is 5.94. The molecule has 4 heteroatoms. The predicted molar refractivity (Wildman–Crippen MR) is 77.6 cm³/mol. The summed E-state index contributed by atoms with van der Waals surface area (Å²) in [5, 5.41) is 10.5. The Hall–Kier alpha value is -1.68. The Balaban J connectivity index is 2.35. The third kappa shape index (κ3) is 5.66. The van der Waals surface area contributed by atoms with Gasteiger partial charge in [-0.15, -0.1) is 0 Å². The summed E-state index contributed by atoms with van der Waals surface area (Å²) in [6, 6.07) is 7.62. The zero-order valence-electron chi connectivity index (χ0n) is 11.4. The molecule has 0 N–H and O–H groups in total. The van der Waals surface area contributed by atoms with Crippen molar-refractivity contribution in [2.45, 2.75) is 6.92 Å². The molecule has 0 atom stereocenters. The molecule has 0 unspecified atom stereocenters. The lowest BCUT2D eigenvalue weighted by Crippen LogP contribution is -2.16. The first-order valence-electron chi connectivity index (χ1n) is 5.94. The molecule has 0 spiro atoms. The Morgan fingerprint density at radius 2 is 1.84 bits per heavy atom. The van der Waals surface area contributed by atoms with Crippen molar-refractivity contribution in [3.05, 3.63) is 71.3 Å². The molecule has 0 aliphatic rings. The van der Waals surface area contributed by atoms with Gasteiger partial charge < -0.3 is 4.90 Å². The molecule has 0 heterocycles. The Bertz CT molecular complexity index is 424. The van der Waals surface area contributed by atoms with Crippen LogP contribution in [0.5, 0.6) is 0 Å². The van der Waals surface area contributed by atoms with E-state index in [-0.39, 0.29) is 5.69 Å². The highest BCUT2D eigenvalue weighted by molar-refractivity contribution is 5.53. The van der Waals surface area contributed by atoms with Crippen LogP contribution in [0.1, 0.15) is 12.5 Å². The van der Waals surface area contributed by atoms with Gasteiger partial charge in [-0.25, -0.2) is 0 Å². The Morgan fingerprint density at radius 1 is 1.21 bits per heavy atom. The van der Waals surface area contributed by atoms with Crippen LogP contribution < -0.4 is 0 Å². The molecule has 4 radical (unpaired) electrons. The second kappa shape index (κ2) is 7.69. The SMILES string of the molecule is C[C]([CH][CH][CH]/C=C/c1ccc([N+](=O)[O-])cc1)N(C)C. The number of nitro benzene ring substituents is 1. The predicted octanol–water partition coefficient (Wildman–Crippen LogP) is 3.33. The third-order valence-electron chi connectivity index (χ3n) is 2.66. The van der Waals surface area contributed by atoms with E-state index in [4.69, 9.17) is 0 Å². The Kier molecular flexibility index (Phi) is 6.22. The van der Waals surface area contributed by atoms with Crippen LogP contribution in [0.25, 0.3) is 6.08 Å². The van der Waals surface area contributed by atoms with Gasteiger partial charge in [0.2, 0.25) is 0 Å². The second-order valence-electron chi connectivity index (χ2n) is 4.30.